The van der Waals surface area contributed by atoms with Crippen molar-refractivity contribution in [1.29, 1.82) is 0 Å². The summed E-state index contributed by atoms with van der Waals surface area (Å²) in [6, 6.07) is 66.5. The van der Waals surface area contributed by atoms with E-state index in [-0.39, 0.29) is 5.41 Å². The number of fused-ring (bicyclic) bond motifs is 8. The van der Waals surface area contributed by atoms with Crippen LogP contribution in [0.15, 0.2) is 182 Å². The van der Waals surface area contributed by atoms with Gasteiger partial charge in [0.2, 0.25) is 0 Å². The van der Waals surface area contributed by atoms with E-state index < -0.39 is 0 Å². The molecule has 5 unspecified atom stereocenters. The summed E-state index contributed by atoms with van der Waals surface area (Å²) in [7, 11) is 0. The molecule has 0 amide bonds. The summed E-state index contributed by atoms with van der Waals surface area (Å²) in [5.41, 5.74) is 15.2. The molecule has 0 N–H and O–H groups in total. The first-order chi connectivity index (χ1) is 30.7. The average Bonchev–Trinajstić information content (AvgIpc) is 4.01. The van der Waals surface area contributed by atoms with Crippen molar-refractivity contribution in [3.63, 3.8) is 0 Å². The van der Waals surface area contributed by atoms with Gasteiger partial charge >= 0.3 is 0 Å². The minimum absolute atomic E-state index is 0.197. The monoisotopic (exact) mass is 794 g/mol. The van der Waals surface area contributed by atoms with Crippen LogP contribution in [0.1, 0.15) is 36.8 Å². The maximum Gasteiger partial charge on any atom is 0.164 e. The van der Waals surface area contributed by atoms with Crippen LogP contribution in [0, 0.1) is 23.7 Å². The van der Waals surface area contributed by atoms with Gasteiger partial charge in [-0.3, -0.25) is 0 Å². The molecule has 62 heavy (non-hydrogen) atoms. The summed E-state index contributed by atoms with van der Waals surface area (Å²) < 4.78 is 2.45. The molecule has 0 aliphatic heterocycles. The molecule has 2 heterocycles. The van der Waals surface area contributed by atoms with Crippen LogP contribution in [-0.4, -0.2) is 19.5 Å². The first-order valence-electron chi connectivity index (χ1n) is 22.4. The van der Waals surface area contributed by atoms with Gasteiger partial charge in [0.1, 0.15) is 0 Å². The molecule has 5 atom stereocenters. The molecule has 10 aromatic rings. The molecule has 4 fully saturated rings. The summed E-state index contributed by atoms with van der Waals surface area (Å²) in [5, 5.41) is 4.94. The SMILES string of the molecule is c1ccc(-c2nc(-c3ccccc3)nc(-c3cccc(-n4c5ccc(-c6ccc7c(c6)-c6ccccc6C76C7CC8CC(C7)C6C8)cc5c5ccc6ccccc6c54)c3)n2)cc1. The van der Waals surface area contributed by atoms with Crippen LogP contribution in [0.5, 0.6) is 0 Å². The number of aromatic nitrogens is 4. The fourth-order valence-electron chi connectivity index (χ4n) is 13.1. The third kappa shape index (κ3) is 4.81. The van der Waals surface area contributed by atoms with E-state index in [1.807, 2.05) is 36.4 Å². The summed E-state index contributed by atoms with van der Waals surface area (Å²) in [6.45, 7) is 0. The zero-order chi connectivity index (χ0) is 40.5. The summed E-state index contributed by atoms with van der Waals surface area (Å²) in [6.07, 6.45) is 5.68. The third-order valence-corrected chi connectivity index (χ3v) is 15.4. The van der Waals surface area contributed by atoms with Crippen LogP contribution in [0.25, 0.3) is 94.7 Å². The van der Waals surface area contributed by atoms with Gasteiger partial charge in [0.05, 0.1) is 11.0 Å². The van der Waals surface area contributed by atoms with E-state index in [9.17, 15) is 0 Å². The van der Waals surface area contributed by atoms with E-state index >= 15 is 0 Å². The zero-order valence-corrected chi connectivity index (χ0v) is 34.2. The van der Waals surface area contributed by atoms with Gasteiger partial charge in [0.25, 0.3) is 0 Å². The molecule has 0 radical (unpaired) electrons. The van der Waals surface area contributed by atoms with E-state index in [0.29, 0.717) is 17.5 Å². The molecule has 4 bridgehead atoms. The molecule has 1 spiro atoms. The quantitative estimate of drug-likeness (QED) is 0.174. The number of hydrogen-bond donors (Lipinski definition) is 0. The molecule has 8 aromatic carbocycles. The minimum atomic E-state index is 0.197. The Morgan fingerprint density at radius 3 is 1.92 bits per heavy atom. The first-order valence-corrected chi connectivity index (χ1v) is 22.4. The largest absolute Gasteiger partial charge is 0.309 e. The molecule has 4 heteroatoms. The summed E-state index contributed by atoms with van der Waals surface area (Å²) >= 11 is 0. The Morgan fingerprint density at radius 1 is 0.435 bits per heavy atom. The predicted octanol–water partition coefficient (Wildman–Crippen LogP) is 14.1. The lowest BCUT2D eigenvalue weighted by molar-refractivity contribution is 0.191. The molecule has 15 rings (SSSR count). The second-order valence-electron chi connectivity index (χ2n) is 18.4. The van der Waals surface area contributed by atoms with Crippen molar-refractivity contribution in [3.8, 4) is 62.1 Å². The maximum absolute atomic E-state index is 5.09. The molecular weight excluding hydrogens is 753 g/mol. The number of hydrogen-bond acceptors (Lipinski definition) is 3. The topological polar surface area (TPSA) is 43.6 Å². The van der Waals surface area contributed by atoms with Crippen molar-refractivity contribution in [2.45, 2.75) is 31.1 Å². The third-order valence-electron chi connectivity index (χ3n) is 15.4. The van der Waals surface area contributed by atoms with Crippen LogP contribution in [0.2, 0.25) is 0 Å². The van der Waals surface area contributed by atoms with Crippen molar-refractivity contribution < 1.29 is 0 Å². The highest BCUT2D eigenvalue weighted by molar-refractivity contribution is 6.19. The van der Waals surface area contributed by atoms with E-state index in [1.54, 1.807) is 11.1 Å². The standard InChI is InChI=1S/C58H42N4/c1-3-13-37(14-4-1)55-59-56(38-15-5-2-6-16-38)61-57(60-55)41-17-11-18-44(32-41)62-53-27-24-40(34-49(53)47-25-22-36-12-7-8-19-45(36)54(47)62)39-23-26-51-48(33-39)46-20-9-10-21-50(46)58(51)43-29-35-28-42(31-43)52(58)30-35/h1-27,32-35,42-43,52H,28-31H2. The summed E-state index contributed by atoms with van der Waals surface area (Å²) in [4.78, 5) is 15.1. The van der Waals surface area contributed by atoms with E-state index in [4.69, 9.17) is 15.0 Å². The van der Waals surface area contributed by atoms with Gasteiger partial charge in [0, 0.05) is 44.0 Å². The molecule has 294 valence electrons. The summed E-state index contributed by atoms with van der Waals surface area (Å²) in [5.74, 6) is 5.36. The molecule has 4 nitrogen and oxygen atoms in total. The number of nitrogens with zero attached hydrogens (tertiary/aromatic N) is 4. The lowest BCUT2D eigenvalue weighted by atomic mass is 9.59. The van der Waals surface area contributed by atoms with E-state index in [0.717, 1.165) is 46.0 Å². The lowest BCUT2D eigenvalue weighted by Gasteiger charge is -2.43. The van der Waals surface area contributed by atoms with Gasteiger partial charge in [0.15, 0.2) is 17.5 Å². The fraction of sp³-hybridized carbons (Fsp3) is 0.155. The Bertz CT molecular complexity index is 3400. The highest BCUT2D eigenvalue weighted by Crippen LogP contribution is 2.73. The van der Waals surface area contributed by atoms with Crippen molar-refractivity contribution in [2.75, 3.05) is 0 Å². The second-order valence-corrected chi connectivity index (χ2v) is 18.4. The zero-order valence-electron chi connectivity index (χ0n) is 34.2. The van der Waals surface area contributed by atoms with Gasteiger partial charge in [-0.2, -0.15) is 0 Å². The van der Waals surface area contributed by atoms with Crippen LogP contribution in [-0.2, 0) is 5.41 Å². The van der Waals surface area contributed by atoms with Crippen LogP contribution >= 0.6 is 0 Å². The lowest BCUT2D eigenvalue weighted by Crippen LogP contribution is -2.40. The van der Waals surface area contributed by atoms with Gasteiger partial charge in [-0.25, -0.2) is 15.0 Å². The number of rotatable bonds is 5. The van der Waals surface area contributed by atoms with Crippen molar-refractivity contribution in [2.24, 2.45) is 23.7 Å². The van der Waals surface area contributed by atoms with E-state index in [1.165, 1.54) is 80.5 Å². The average molecular weight is 795 g/mol. The van der Waals surface area contributed by atoms with E-state index in [2.05, 4.69) is 150 Å². The second kappa shape index (κ2) is 12.9. The first kappa shape index (κ1) is 34.5. The maximum atomic E-state index is 5.09. The fourth-order valence-corrected chi connectivity index (χ4v) is 13.1. The minimum Gasteiger partial charge on any atom is -0.309 e. The smallest absolute Gasteiger partial charge is 0.164 e. The van der Waals surface area contributed by atoms with Gasteiger partial charge in [-0.1, -0.05) is 152 Å². The molecular formula is C58H42N4. The molecule has 4 saturated carbocycles. The van der Waals surface area contributed by atoms with Gasteiger partial charge in [-0.15, -0.1) is 0 Å². The molecule has 2 aromatic heterocycles. The highest BCUT2D eigenvalue weighted by atomic mass is 15.0. The normalized spacial score (nSPS) is 21.7. The number of benzene rings is 8. The van der Waals surface area contributed by atoms with Crippen molar-refractivity contribution >= 4 is 32.6 Å². The Balaban J connectivity index is 0.936. The van der Waals surface area contributed by atoms with Crippen LogP contribution in [0.4, 0.5) is 0 Å². The van der Waals surface area contributed by atoms with Gasteiger partial charge < -0.3 is 4.57 Å². The van der Waals surface area contributed by atoms with Crippen LogP contribution < -0.4 is 0 Å². The Morgan fingerprint density at radius 2 is 1.11 bits per heavy atom. The van der Waals surface area contributed by atoms with Crippen molar-refractivity contribution in [3.05, 3.63) is 193 Å². The Labute approximate surface area is 360 Å². The Kier molecular flexibility index (Phi) is 7.20. The predicted molar refractivity (Wildman–Crippen MR) is 252 cm³/mol. The molecule has 5 aliphatic rings. The van der Waals surface area contributed by atoms with Crippen molar-refractivity contribution in [1.82, 2.24) is 19.5 Å². The molecule has 5 aliphatic carbocycles. The highest BCUT2D eigenvalue weighted by Gasteiger charge is 2.65. The van der Waals surface area contributed by atoms with Crippen LogP contribution in [0.3, 0.4) is 0 Å². The molecule has 0 saturated heterocycles. The van der Waals surface area contributed by atoms with Gasteiger partial charge in [-0.05, 0) is 118 Å². The Hall–Kier alpha value is -7.17.